The number of hydrogen-bond acceptors (Lipinski definition) is 3. The predicted molar refractivity (Wildman–Crippen MR) is 94.9 cm³/mol. The number of aromatic amines is 1. The number of nitrogens with one attached hydrogen (secondary N) is 1. The Hall–Kier alpha value is -2.40. The molecular weight excluding hydrogens is 318 g/mol. The molecule has 0 saturated heterocycles. The van der Waals surface area contributed by atoms with Crippen molar-refractivity contribution in [2.75, 3.05) is 6.54 Å². The van der Waals surface area contributed by atoms with Crippen LogP contribution in [0, 0.1) is 0 Å². The van der Waals surface area contributed by atoms with Crippen molar-refractivity contribution in [3.63, 3.8) is 0 Å². The third-order valence-electron chi connectivity index (χ3n) is 4.56. The molecule has 3 heterocycles. The summed E-state index contributed by atoms with van der Waals surface area (Å²) in [4.78, 5) is 23.3. The third kappa shape index (κ3) is 2.99. The molecular formula is C19H19N3OS. The summed E-state index contributed by atoms with van der Waals surface area (Å²) in [5.74, 6) is 1.35. The first-order valence-electron chi connectivity index (χ1n) is 8.18. The number of carbonyl (C=O) groups excluding carboxylic acids is 1. The number of benzene rings is 1. The molecule has 1 atom stereocenters. The number of rotatable bonds is 4. The van der Waals surface area contributed by atoms with Crippen LogP contribution in [0.25, 0.3) is 0 Å². The van der Waals surface area contributed by atoms with E-state index in [1.54, 1.807) is 23.7 Å². The number of nitrogens with zero attached hydrogens (tertiary/aromatic N) is 2. The SMILES string of the molecule is O=C(CCc1ncc[nH]1)N1Cc2ccccc2C(c2cccs2)C1. The van der Waals surface area contributed by atoms with Crippen molar-refractivity contribution >= 4 is 17.2 Å². The van der Waals surface area contributed by atoms with Crippen molar-refractivity contribution in [2.45, 2.75) is 25.3 Å². The molecule has 122 valence electrons. The molecule has 1 aromatic carbocycles. The van der Waals surface area contributed by atoms with Gasteiger partial charge in [0.2, 0.25) is 5.91 Å². The van der Waals surface area contributed by atoms with Crippen LogP contribution in [-0.2, 0) is 17.8 Å². The van der Waals surface area contributed by atoms with Crippen molar-refractivity contribution in [3.05, 3.63) is 76.0 Å². The molecule has 0 spiro atoms. The quantitative estimate of drug-likeness (QED) is 0.791. The van der Waals surface area contributed by atoms with Gasteiger partial charge in [-0.3, -0.25) is 4.79 Å². The average molecular weight is 337 g/mol. The van der Waals surface area contributed by atoms with E-state index < -0.39 is 0 Å². The first-order valence-corrected chi connectivity index (χ1v) is 9.06. The lowest BCUT2D eigenvalue weighted by Crippen LogP contribution is -2.38. The number of thiophene rings is 1. The van der Waals surface area contributed by atoms with Crippen LogP contribution in [0.1, 0.15) is 34.2 Å². The lowest BCUT2D eigenvalue weighted by atomic mass is 9.88. The number of fused-ring (bicyclic) bond motifs is 1. The largest absolute Gasteiger partial charge is 0.349 e. The van der Waals surface area contributed by atoms with E-state index in [0.29, 0.717) is 19.4 Å². The van der Waals surface area contributed by atoms with Gasteiger partial charge in [0, 0.05) is 49.1 Å². The van der Waals surface area contributed by atoms with Gasteiger partial charge in [-0.1, -0.05) is 30.3 Å². The van der Waals surface area contributed by atoms with E-state index in [4.69, 9.17) is 0 Å². The maximum atomic E-state index is 12.7. The molecule has 1 N–H and O–H groups in total. The molecule has 4 nitrogen and oxygen atoms in total. The van der Waals surface area contributed by atoms with Gasteiger partial charge < -0.3 is 9.88 Å². The van der Waals surface area contributed by atoms with Crippen LogP contribution < -0.4 is 0 Å². The highest BCUT2D eigenvalue weighted by Crippen LogP contribution is 2.35. The van der Waals surface area contributed by atoms with Crippen LogP contribution in [0.3, 0.4) is 0 Å². The van der Waals surface area contributed by atoms with Gasteiger partial charge in [-0.15, -0.1) is 11.3 Å². The van der Waals surface area contributed by atoms with Crippen LogP contribution in [0.15, 0.2) is 54.2 Å². The van der Waals surface area contributed by atoms with Crippen LogP contribution in [-0.4, -0.2) is 27.3 Å². The van der Waals surface area contributed by atoms with Crippen molar-refractivity contribution in [1.82, 2.24) is 14.9 Å². The molecule has 0 saturated carbocycles. The van der Waals surface area contributed by atoms with E-state index in [9.17, 15) is 4.79 Å². The highest BCUT2D eigenvalue weighted by Gasteiger charge is 2.29. The monoisotopic (exact) mass is 337 g/mol. The molecule has 1 unspecified atom stereocenters. The summed E-state index contributed by atoms with van der Waals surface area (Å²) in [6.07, 6.45) is 4.67. The Kier molecular flexibility index (Phi) is 4.17. The lowest BCUT2D eigenvalue weighted by Gasteiger charge is -2.34. The minimum absolute atomic E-state index is 0.197. The maximum Gasteiger partial charge on any atom is 0.223 e. The molecule has 24 heavy (non-hydrogen) atoms. The number of aryl methyl sites for hydroxylation is 1. The third-order valence-corrected chi connectivity index (χ3v) is 5.55. The Bertz CT molecular complexity index is 811. The van der Waals surface area contributed by atoms with Gasteiger partial charge in [0.05, 0.1) is 0 Å². The lowest BCUT2D eigenvalue weighted by molar-refractivity contribution is -0.132. The van der Waals surface area contributed by atoms with E-state index in [1.807, 2.05) is 4.90 Å². The Labute approximate surface area is 145 Å². The van der Waals surface area contributed by atoms with E-state index in [1.165, 1.54) is 16.0 Å². The summed E-state index contributed by atoms with van der Waals surface area (Å²) in [6.45, 7) is 1.46. The summed E-state index contributed by atoms with van der Waals surface area (Å²) in [6, 6.07) is 12.7. The van der Waals surface area contributed by atoms with Gasteiger partial charge in [-0.25, -0.2) is 4.98 Å². The molecule has 0 bridgehead atoms. The molecule has 0 radical (unpaired) electrons. The van der Waals surface area contributed by atoms with Gasteiger partial charge in [-0.05, 0) is 22.6 Å². The van der Waals surface area contributed by atoms with Crippen molar-refractivity contribution < 1.29 is 4.79 Å². The summed E-state index contributed by atoms with van der Waals surface area (Å²) in [7, 11) is 0. The number of hydrogen-bond donors (Lipinski definition) is 1. The molecule has 1 amide bonds. The summed E-state index contributed by atoms with van der Waals surface area (Å²) < 4.78 is 0. The van der Waals surface area contributed by atoms with Crippen LogP contribution >= 0.6 is 11.3 Å². The summed E-state index contributed by atoms with van der Waals surface area (Å²) >= 11 is 1.77. The zero-order valence-electron chi connectivity index (χ0n) is 13.3. The number of H-pyrrole nitrogens is 1. The maximum absolute atomic E-state index is 12.7. The normalized spacial score (nSPS) is 16.8. The fourth-order valence-electron chi connectivity index (χ4n) is 3.35. The van der Waals surface area contributed by atoms with Gasteiger partial charge in [0.15, 0.2) is 0 Å². The molecule has 4 rings (SSSR count). The molecule has 0 fully saturated rings. The second-order valence-electron chi connectivity index (χ2n) is 6.08. The fourth-order valence-corrected chi connectivity index (χ4v) is 4.19. The Balaban J connectivity index is 1.54. The molecule has 1 aliphatic rings. The predicted octanol–water partition coefficient (Wildman–Crippen LogP) is 3.58. The summed E-state index contributed by atoms with van der Waals surface area (Å²) in [5, 5.41) is 2.11. The Morgan fingerprint density at radius 1 is 1.29 bits per heavy atom. The first-order chi connectivity index (χ1) is 11.8. The van der Waals surface area contributed by atoms with Crippen LogP contribution in [0.4, 0.5) is 0 Å². The molecule has 3 aromatic rings. The van der Waals surface area contributed by atoms with E-state index >= 15 is 0 Å². The second kappa shape index (κ2) is 6.61. The van der Waals surface area contributed by atoms with Gasteiger partial charge in [0.1, 0.15) is 5.82 Å². The number of amides is 1. The fraction of sp³-hybridized carbons (Fsp3) is 0.263. The Morgan fingerprint density at radius 3 is 3.00 bits per heavy atom. The molecule has 0 aliphatic carbocycles. The first kappa shape index (κ1) is 15.1. The average Bonchev–Trinajstić information content (AvgIpc) is 3.32. The van der Waals surface area contributed by atoms with Crippen molar-refractivity contribution in [1.29, 1.82) is 0 Å². The zero-order chi connectivity index (χ0) is 16.4. The molecule has 2 aromatic heterocycles. The minimum atomic E-state index is 0.197. The summed E-state index contributed by atoms with van der Waals surface area (Å²) in [5.41, 5.74) is 2.61. The molecule has 5 heteroatoms. The van der Waals surface area contributed by atoms with Gasteiger partial charge >= 0.3 is 0 Å². The van der Waals surface area contributed by atoms with E-state index in [0.717, 1.165) is 12.4 Å². The van der Waals surface area contributed by atoms with Gasteiger partial charge in [-0.2, -0.15) is 0 Å². The van der Waals surface area contributed by atoms with Crippen LogP contribution in [0.5, 0.6) is 0 Å². The molecule has 1 aliphatic heterocycles. The second-order valence-corrected chi connectivity index (χ2v) is 7.06. The number of aromatic nitrogens is 2. The topological polar surface area (TPSA) is 49.0 Å². The highest BCUT2D eigenvalue weighted by molar-refractivity contribution is 7.10. The van der Waals surface area contributed by atoms with Crippen molar-refractivity contribution in [2.24, 2.45) is 0 Å². The van der Waals surface area contributed by atoms with E-state index in [2.05, 4.69) is 51.7 Å². The number of imidazole rings is 1. The smallest absolute Gasteiger partial charge is 0.223 e. The zero-order valence-corrected chi connectivity index (χ0v) is 14.1. The van der Waals surface area contributed by atoms with E-state index in [-0.39, 0.29) is 11.8 Å². The standard InChI is InChI=1S/C19H19N3OS/c23-19(8-7-18-20-9-10-21-18)22-12-14-4-1-2-5-15(14)16(13-22)17-6-3-11-24-17/h1-6,9-11,16H,7-8,12-13H2,(H,20,21). The minimum Gasteiger partial charge on any atom is -0.349 e. The highest BCUT2D eigenvalue weighted by atomic mass is 32.1. The Morgan fingerprint density at radius 2 is 2.21 bits per heavy atom. The van der Waals surface area contributed by atoms with Crippen molar-refractivity contribution in [3.8, 4) is 0 Å². The number of carbonyl (C=O) groups is 1. The van der Waals surface area contributed by atoms with Gasteiger partial charge in [0.25, 0.3) is 0 Å². The van der Waals surface area contributed by atoms with Crippen LogP contribution in [0.2, 0.25) is 0 Å².